The van der Waals surface area contributed by atoms with E-state index in [-0.39, 0.29) is 40.3 Å². The van der Waals surface area contributed by atoms with Crippen LogP contribution in [0.25, 0.3) is 28.2 Å². The number of pyridine rings is 1. The summed E-state index contributed by atoms with van der Waals surface area (Å²) in [7, 11) is 1.65. The molecule has 1 saturated heterocycles. The molecule has 9 nitrogen and oxygen atoms in total. The number of halogens is 3. The Bertz CT molecular complexity index is 1640. The minimum Gasteiger partial charge on any atom is -0.507 e. The van der Waals surface area contributed by atoms with Gasteiger partial charge >= 0.3 is 6.18 Å². The molecule has 4 aromatic rings. The Hall–Kier alpha value is -4.19. The maximum absolute atomic E-state index is 14.2. The third kappa shape index (κ3) is 6.43. The SMILES string of the molecule is Cn1ccc(-c2ccc(-c3cn4cc(C(F)(F)F)c(C5CC(C)(C)NC(C)(C)C5)nc4n3)c(O)c2)cc1=O.O=CO. The van der Waals surface area contributed by atoms with Gasteiger partial charge in [0.15, 0.2) is 0 Å². The Labute approximate surface area is 234 Å². The van der Waals surface area contributed by atoms with Crippen molar-refractivity contribution in [1.82, 2.24) is 24.3 Å². The number of hydrogen-bond acceptors (Lipinski definition) is 6. The van der Waals surface area contributed by atoms with E-state index in [2.05, 4.69) is 15.3 Å². The van der Waals surface area contributed by atoms with Gasteiger partial charge in [-0.2, -0.15) is 13.2 Å². The zero-order valence-corrected chi connectivity index (χ0v) is 23.3. The average Bonchev–Trinajstić information content (AvgIpc) is 3.26. The molecule has 0 radical (unpaired) electrons. The van der Waals surface area contributed by atoms with E-state index in [0.29, 0.717) is 35.2 Å². The summed E-state index contributed by atoms with van der Waals surface area (Å²) < 4.78 is 45.3. The van der Waals surface area contributed by atoms with Gasteiger partial charge in [-0.3, -0.25) is 14.0 Å². The Morgan fingerprint density at radius 3 is 2.20 bits per heavy atom. The Morgan fingerprint density at radius 1 is 1.02 bits per heavy atom. The lowest BCUT2D eigenvalue weighted by Gasteiger charge is -2.46. The molecule has 0 saturated carbocycles. The van der Waals surface area contributed by atoms with Crippen LogP contribution in [0, 0.1) is 0 Å². The quantitative estimate of drug-likeness (QED) is 0.289. The fourth-order valence-electron chi connectivity index (χ4n) is 5.77. The topological polar surface area (TPSA) is 122 Å². The molecule has 218 valence electrons. The number of piperidine rings is 1. The summed E-state index contributed by atoms with van der Waals surface area (Å²) in [5, 5.41) is 21.2. The van der Waals surface area contributed by atoms with Crippen molar-refractivity contribution in [3.63, 3.8) is 0 Å². The third-order valence-electron chi connectivity index (χ3n) is 7.07. The number of nitrogens with one attached hydrogen (secondary N) is 1. The number of alkyl halides is 3. The molecule has 3 aromatic heterocycles. The number of carbonyl (C=O) groups is 1. The normalized spacial score (nSPS) is 16.7. The highest BCUT2D eigenvalue weighted by atomic mass is 19.4. The maximum atomic E-state index is 14.2. The van der Waals surface area contributed by atoms with Crippen LogP contribution in [-0.2, 0) is 18.0 Å². The molecule has 41 heavy (non-hydrogen) atoms. The second-order valence-corrected chi connectivity index (χ2v) is 11.6. The van der Waals surface area contributed by atoms with Crippen LogP contribution in [0.15, 0.2) is 53.7 Å². The number of carboxylic acid groups (broad SMARTS) is 1. The molecular weight excluding hydrogens is 539 g/mol. The summed E-state index contributed by atoms with van der Waals surface area (Å²) >= 11 is 0. The predicted molar refractivity (Wildman–Crippen MR) is 148 cm³/mol. The van der Waals surface area contributed by atoms with Crippen LogP contribution in [0.5, 0.6) is 5.75 Å². The standard InChI is InChI=1S/C28H30F3N5O2.CH2O2/c1-26(2)12-18(13-27(3,4)34-26)24-20(28(29,30)31)14-36-15-21(32-25(36)33-24)19-7-6-16(10-22(19)37)17-8-9-35(5)23(38)11-17;2-1-3/h6-11,14-15,18,34,37H,12-13H2,1-5H3;1H,(H,2,3). The number of nitrogens with zero attached hydrogens (tertiary/aromatic N) is 4. The van der Waals surface area contributed by atoms with Gasteiger partial charge in [-0.1, -0.05) is 6.07 Å². The van der Waals surface area contributed by atoms with Crippen molar-refractivity contribution in [3.05, 3.63) is 70.5 Å². The van der Waals surface area contributed by atoms with Crippen molar-refractivity contribution >= 4 is 12.2 Å². The molecule has 1 fully saturated rings. The number of imidazole rings is 1. The highest BCUT2D eigenvalue weighted by molar-refractivity contribution is 5.74. The Kier molecular flexibility index (Phi) is 7.74. The molecule has 5 rings (SSSR count). The largest absolute Gasteiger partial charge is 0.507 e. The monoisotopic (exact) mass is 571 g/mol. The van der Waals surface area contributed by atoms with Gasteiger partial charge in [-0.05, 0) is 69.9 Å². The van der Waals surface area contributed by atoms with Crippen LogP contribution < -0.4 is 10.9 Å². The van der Waals surface area contributed by atoms with Gasteiger partial charge in [-0.25, -0.2) is 9.97 Å². The number of phenolic OH excluding ortho intramolecular Hbond substituents is 1. The van der Waals surface area contributed by atoms with Crippen LogP contribution in [0.3, 0.4) is 0 Å². The van der Waals surface area contributed by atoms with Gasteiger partial charge in [-0.15, -0.1) is 0 Å². The lowest BCUT2D eigenvalue weighted by atomic mass is 9.74. The molecule has 1 aliphatic rings. The van der Waals surface area contributed by atoms with Crippen molar-refractivity contribution in [2.45, 2.75) is 63.7 Å². The first-order chi connectivity index (χ1) is 19.0. The summed E-state index contributed by atoms with van der Waals surface area (Å²) in [6.07, 6.45) is 0.529. The number of phenols is 1. The van der Waals surface area contributed by atoms with Crippen LogP contribution in [0.1, 0.15) is 57.7 Å². The average molecular weight is 572 g/mol. The Morgan fingerprint density at radius 2 is 1.63 bits per heavy atom. The van der Waals surface area contributed by atoms with E-state index in [1.165, 1.54) is 27.3 Å². The molecule has 1 aliphatic heterocycles. The van der Waals surface area contributed by atoms with E-state index < -0.39 is 17.7 Å². The first-order valence-corrected chi connectivity index (χ1v) is 12.9. The Balaban J connectivity index is 0.00000124. The van der Waals surface area contributed by atoms with E-state index >= 15 is 0 Å². The fourth-order valence-corrected chi connectivity index (χ4v) is 5.77. The highest BCUT2D eigenvalue weighted by Crippen LogP contribution is 2.43. The van der Waals surface area contributed by atoms with Gasteiger partial charge in [0.1, 0.15) is 5.75 Å². The number of fused-ring (bicyclic) bond motifs is 1. The number of benzene rings is 1. The van der Waals surface area contributed by atoms with E-state index in [4.69, 9.17) is 9.90 Å². The van der Waals surface area contributed by atoms with Crippen LogP contribution in [-0.4, -0.2) is 46.7 Å². The number of aryl methyl sites for hydroxylation is 1. The van der Waals surface area contributed by atoms with Crippen LogP contribution in [0.2, 0.25) is 0 Å². The predicted octanol–water partition coefficient (Wildman–Crippen LogP) is 5.21. The van der Waals surface area contributed by atoms with E-state index in [9.17, 15) is 23.1 Å². The van der Waals surface area contributed by atoms with Gasteiger partial charge in [0, 0.05) is 54.3 Å². The third-order valence-corrected chi connectivity index (χ3v) is 7.07. The zero-order chi connectivity index (χ0) is 30.3. The maximum Gasteiger partial charge on any atom is 0.419 e. The van der Waals surface area contributed by atoms with E-state index in [1.54, 1.807) is 31.4 Å². The molecule has 4 heterocycles. The van der Waals surface area contributed by atoms with Crippen molar-refractivity contribution in [2.75, 3.05) is 0 Å². The van der Waals surface area contributed by atoms with Gasteiger partial charge in [0.2, 0.25) is 5.78 Å². The second-order valence-electron chi connectivity index (χ2n) is 11.6. The van der Waals surface area contributed by atoms with E-state index in [0.717, 1.165) is 6.20 Å². The van der Waals surface area contributed by atoms with Crippen molar-refractivity contribution in [1.29, 1.82) is 0 Å². The molecule has 12 heteroatoms. The summed E-state index contributed by atoms with van der Waals surface area (Å²) in [6.45, 7) is 7.69. The zero-order valence-electron chi connectivity index (χ0n) is 23.3. The molecule has 0 aliphatic carbocycles. The number of aromatic hydroxyl groups is 1. The summed E-state index contributed by atoms with van der Waals surface area (Å²) in [6, 6.07) is 8.09. The van der Waals surface area contributed by atoms with Gasteiger partial charge in [0.05, 0.1) is 17.0 Å². The van der Waals surface area contributed by atoms with Crippen LogP contribution in [0.4, 0.5) is 13.2 Å². The smallest absolute Gasteiger partial charge is 0.419 e. The number of aromatic nitrogens is 4. The van der Waals surface area contributed by atoms with Crippen molar-refractivity contribution < 1.29 is 28.2 Å². The molecule has 0 amide bonds. The molecule has 0 unspecified atom stereocenters. The first kappa shape index (κ1) is 29.8. The molecule has 1 aromatic carbocycles. The fraction of sp³-hybridized carbons (Fsp3) is 0.379. The lowest BCUT2D eigenvalue weighted by molar-refractivity contribution is -0.139. The summed E-state index contributed by atoms with van der Waals surface area (Å²) in [4.78, 5) is 29.3. The first-order valence-electron chi connectivity index (χ1n) is 12.9. The molecule has 0 atom stereocenters. The van der Waals surface area contributed by atoms with Gasteiger partial charge in [0.25, 0.3) is 12.0 Å². The van der Waals surface area contributed by atoms with Crippen molar-refractivity contribution in [3.8, 4) is 28.1 Å². The molecule has 3 N–H and O–H groups in total. The number of hydrogen-bond donors (Lipinski definition) is 3. The molecule has 0 bridgehead atoms. The van der Waals surface area contributed by atoms with E-state index in [1.807, 2.05) is 27.7 Å². The molecule has 0 spiro atoms. The van der Waals surface area contributed by atoms with Gasteiger partial charge < -0.3 is 20.1 Å². The summed E-state index contributed by atoms with van der Waals surface area (Å²) in [5.74, 6) is -0.383. The van der Waals surface area contributed by atoms with Crippen molar-refractivity contribution in [2.24, 2.45) is 7.05 Å². The highest BCUT2D eigenvalue weighted by Gasteiger charge is 2.43. The lowest BCUT2D eigenvalue weighted by Crippen LogP contribution is -2.57. The second kappa shape index (κ2) is 10.7. The minimum atomic E-state index is -4.59. The minimum absolute atomic E-state index is 0.00460. The molecular formula is C29H32F3N5O4. The number of rotatable bonds is 3. The summed E-state index contributed by atoms with van der Waals surface area (Å²) in [5.41, 5.74) is 0.217. The van der Waals surface area contributed by atoms with Crippen LogP contribution >= 0.6 is 0 Å².